The van der Waals surface area contributed by atoms with Crippen LogP contribution in [0.15, 0.2) is 88.9 Å². The molecule has 10 heteroatoms. The number of alkyl halides is 6. The van der Waals surface area contributed by atoms with Crippen LogP contribution < -0.4 is 0 Å². The Labute approximate surface area is 213 Å². The Bertz CT molecular complexity index is 1610. The molecule has 0 N–H and O–H groups in total. The van der Waals surface area contributed by atoms with E-state index in [1.807, 2.05) is 0 Å². The Morgan fingerprint density at radius 3 is 1.81 bits per heavy atom. The van der Waals surface area contributed by atoms with E-state index in [9.17, 15) is 17.2 Å². The predicted molar refractivity (Wildman–Crippen MR) is 132 cm³/mol. The normalized spacial score (nSPS) is 21.5. The van der Waals surface area contributed by atoms with Gasteiger partial charge in [0.05, 0.1) is 9.81 Å². The average Bonchev–Trinajstić information content (AvgIpc) is 3.37. The minimum absolute atomic E-state index is 0.117. The maximum atomic E-state index is 15.3. The molecule has 0 unspecified atom stereocenters. The monoisotopic (exact) mass is 552 g/mol. The maximum absolute atomic E-state index is 15.3. The Hall–Kier alpha value is -3.11. The Morgan fingerprint density at radius 2 is 1.24 bits per heavy atom. The minimum atomic E-state index is -5.79. The molecular formula is C27H18F6O2S2. The van der Waals surface area contributed by atoms with Gasteiger partial charge in [-0.15, -0.1) is 11.3 Å². The van der Waals surface area contributed by atoms with Crippen molar-refractivity contribution in [3.8, 4) is 10.4 Å². The third-order valence-electron chi connectivity index (χ3n) is 6.59. The van der Waals surface area contributed by atoms with Gasteiger partial charge >= 0.3 is 17.8 Å². The highest BCUT2D eigenvalue weighted by molar-refractivity contribution is 8.04. The molecule has 192 valence electrons. The summed E-state index contributed by atoms with van der Waals surface area (Å²) in [6.07, 6.45) is 0.792. The maximum Gasteiger partial charge on any atom is 0.380 e. The van der Waals surface area contributed by atoms with Crippen molar-refractivity contribution >= 4 is 31.7 Å². The molecular weight excluding hydrogens is 534 g/mol. The van der Waals surface area contributed by atoms with Crippen molar-refractivity contribution in [3.05, 3.63) is 105 Å². The first-order valence-electron chi connectivity index (χ1n) is 11.0. The zero-order valence-electron chi connectivity index (χ0n) is 19.3. The first-order valence-corrected chi connectivity index (χ1v) is 13.3. The summed E-state index contributed by atoms with van der Waals surface area (Å²) >= 11 is 0.991. The number of hydrogen-bond acceptors (Lipinski definition) is 3. The van der Waals surface area contributed by atoms with Gasteiger partial charge in [0.1, 0.15) is 0 Å². The van der Waals surface area contributed by atoms with Gasteiger partial charge < -0.3 is 0 Å². The van der Waals surface area contributed by atoms with Gasteiger partial charge in [0.2, 0.25) is 9.84 Å². The summed E-state index contributed by atoms with van der Waals surface area (Å²) in [6.45, 7) is 2.34. The van der Waals surface area contributed by atoms with E-state index >= 15 is 17.6 Å². The number of sulfone groups is 1. The van der Waals surface area contributed by atoms with Gasteiger partial charge in [-0.05, 0) is 42.7 Å². The van der Waals surface area contributed by atoms with Gasteiger partial charge in [-0.3, -0.25) is 0 Å². The average molecular weight is 553 g/mol. The van der Waals surface area contributed by atoms with Crippen molar-refractivity contribution in [2.75, 3.05) is 0 Å². The summed E-state index contributed by atoms with van der Waals surface area (Å²) in [5.74, 6) is -16.4. The predicted octanol–water partition coefficient (Wildman–Crippen LogP) is 8.14. The summed E-state index contributed by atoms with van der Waals surface area (Å²) in [7, 11) is -4.40. The molecule has 3 aromatic rings. The third kappa shape index (κ3) is 3.49. The van der Waals surface area contributed by atoms with Crippen LogP contribution in [0.5, 0.6) is 0 Å². The lowest BCUT2D eigenvalue weighted by Gasteiger charge is -2.25. The standard InChI is InChI=1S/C27H18F6O2S2/c1-15-19(13-21(36-15)17-9-5-3-6-10-17)23-24(26(30,31)27(32,33)25(23,28)29)20-14-22(37(34,35)16(20)2)18-11-7-4-8-12-18/h3-14H,1-2H3. The van der Waals surface area contributed by atoms with E-state index in [1.54, 1.807) is 36.4 Å². The quantitative estimate of drug-likeness (QED) is 0.306. The van der Waals surface area contributed by atoms with Gasteiger partial charge in [0.25, 0.3) is 0 Å². The number of allylic oxidation sites excluding steroid dienone is 5. The second-order valence-electron chi connectivity index (χ2n) is 8.77. The molecule has 2 heterocycles. The topological polar surface area (TPSA) is 34.1 Å². The van der Waals surface area contributed by atoms with Crippen molar-refractivity contribution < 1.29 is 34.8 Å². The van der Waals surface area contributed by atoms with Gasteiger partial charge in [-0.2, -0.15) is 26.3 Å². The van der Waals surface area contributed by atoms with Gasteiger partial charge in [0.15, 0.2) is 0 Å². The van der Waals surface area contributed by atoms with Crippen LogP contribution in [-0.2, 0) is 9.84 Å². The first-order chi connectivity index (χ1) is 17.2. The highest BCUT2D eigenvalue weighted by Gasteiger charge is 2.80. The fourth-order valence-corrected chi connectivity index (χ4v) is 7.15. The molecule has 0 fully saturated rings. The SMILES string of the molecule is CC1=C(C2=C(c3cc(-c4ccccc4)sc3C)C(F)(F)C(F)(F)C2(F)F)C=C(c2ccccc2)S1(=O)=O. The molecule has 0 amide bonds. The zero-order chi connectivity index (χ0) is 27.0. The molecule has 0 saturated heterocycles. The molecule has 2 aliphatic rings. The van der Waals surface area contributed by atoms with Crippen molar-refractivity contribution in [3.63, 3.8) is 0 Å². The lowest BCUT2D eigenvalue weighted by Crippen LogP contribution is -2.49. The number of thiophene rings is 1. The van der Waals surface area contributed by atoms with Crippen LogP contribution in [0.3, 0.4) is 0 Å². The molecule has 0 atom stereocenters. The summed E-state index contributed by atoms with van der Waals surface area (Å²) in [5, 5.41) is 0. The molecule has 2 aromatic carbocycles. The molecule has 1 aliphatic heterocycles. The van der Waals surface area contributed by atoms with E-state index in [1.165, 1.54) is 37.3 Å². The van der Waals surface area contributed by atoms with Crippen LogP contribution in [0.4, 0.5) is 26.3 Å². The number of halogens is 6. The minimum Gasteiger partial charge on any atom is -0.219 e. The van der Waals surface area contributed by atoms with Crippen LogP contribution >= 0.6 is 11.3 Å². The Morgan fingerprint density at radius 1 is 0.730 bits per heavy atom. The lowest BCUT2D eigenvalue weighted by atomic mass is 9.93. The van der Waals surface area contributed by atoms with Crippen molar-refractivity contribution in [1.29, 1.82) is 0 Å². The van der Waals surface area contributed by atoms with Crippen molar-refractivity contribution in [1.82, 2.24) is 0 Å². The van der Waals surface area contributed by atoms with E-state index in [-0.39, 0.29) is 10.4 Å². The van der Waals surface area contributed by atoms with Crippen molar-refractivity contribution in [2.24, 2.45) is 0 Å². The smallest absolute Gasteiger partial charge is 0.219 e. The third-order valence-corrected chi connectivity index (χ3v) is 9.65. The van der Waals surface area contributed by atoms with Gasteiger partial charge in [0, 0.05) is 26.5 Å². The Kier molecular flexibility index (Phi) is 5.66. The molecule has 0 radical (unpaired) electrons. The molecule has 2 nitrogen and oxygen atoms in total. The lowest BCUT2D eigenvalue weighted by molar-refractivity contribution is -0.259. The van der Waals surface area contributed by atoms with Crippen LogP contribution in [0.2, 0.25) is 0 Å². The molecule has 0 bridgehead atoms. The van der Waals surface area contributed by atoms with Crippen LogP contribution in [0.1, 0.15) is 22.9 Å². The largest absolute Gasteiger partial charge is 0.380 e. The molecule has 1 aromatic heterocycles. The van der Waals surface area contributed by atoms with E-state index < -0.39 is 59.7 Å². The van der Waals surface area contributed by atoms with Crippen LogP contribution in [0, 0.1) is 6.92 Å². The number of hydrogen-bond donors (Lipinski definition) is 0. The Balaban J connectivity index is 1.83. The molecule has 0 spiro atoms. The van der Waals surface area contributed by atoms with E-state index in [2.05, 4.69) is 0 Å². The second kappa shape index (κ2) is 8.19. The number of rotatable bonds is 4. The summed E-state index contributed by atoms with van der Waals surface area (Å²) in [5.41, 5.74) is -3.84. The molecule has 37 heavy (non-hydrogen) atoms. The highest BCUT2D eigenvalue weighted by Crippen LogP contribution is 2.65. The van der Waals surface area contributed by atoms with E-state index in [4.69, 9.17) is 0 Å². The fraction of sp³-hybridized carbons (Fsp3) is 0.185. The van der Waals surface area contributed by atoms with Gasteiger partial charge in [-0.25, -0.2) is 8.42 Å². The summed E-state index contributed by atoms with van der Waals surface area (Å²) in [4.78, 5) is -0.581. The van der Waals surface area contributed by atoms with E-state index in [0.717, 1.165) is 24.3 Å². The number of benzene rings is 2. The molecule has 1 aliphatic carbocycles. The molecule has 5 rings (SSSR count). The summed E-state index contributed by atoms with van der Waals surface area (Å²) in [6, 6.07) is 17.1. The van der Waals surface area contributed by atoms with Crippen molar-refractivity contribution in [2.45, 2.75) is 31.6 Å². The van der Waals surface area contributed by atoms with Crippen LogP contribution in [0.25, 0.3) is 20.9 Å². The highest BCUT2D eigenvalue weighted by atomic mass is 32.2. The fourth-order valence-electron chi connectivity index (χ4n) is 4.62. The number of aryl methyl sites for hydroxylation is 1. The zero-order valence-corrected chi connectivity index (χ0v) is 21.0. The van der Waals surface area contributed by atoms with Crippen LogP contribution in [-0.4, -0.2) is 26.2 Å². The molecule has 0 saturated carbocycles. The summed E-state index contributed by atoms with van der Waals surface area (Å²) < 4.78 is 117. The first kappa shape index (κ1) is 25.5. The van der Waals surface area contributed by atoms with Gasteiger partial charge in [-0.1, -0.05) is 60.7 Å². The second-order valence-corrected chi connectivity index (χ2v) is 12.1. The van der Waals surface area contributed by atoms with E-state index in [0.29, 0.717) is 10.4 Å².